The van der Waals surface area contributed by atoms with E-state index in [9.17, 15) is 4.39 Å². The van der Waals surface area contributed by atoms with Crippen molar-refractivity contribution in [1.82, 2.24) is 4.57 Å². The van der Waals surface area contributed by atoms with Crippen LogP contribution in [0, 0.1) is 0 Å². The maximum absolute atomic E-state index is 13.3. The zero-order valence-corrected chi connectivity index (χ0v) is 9.68. The molecule has 0 aliphatic carbocycles. The van der Waals surface area contributed by atoms with Crippen LogP contribution in [0.2, 0.25) is 0 Å². The average Bonchev–Trinajstić information content (AvgIpc) is 2.44. The van der Waals surface area contributed by atoms with E-state index in [0.717, 1.165) is 20.9 Å². The number of alkyl halides is 1. The molecule has 2 rings (SSSR count). The second kappa shape index (κ2) is 3.39. The fraction of sp³-hybridized carbons (Fsp3) is 0.273. The fourth-order valence-electron chi connectivity index (χ4n) is 1.71. The first-order valence-corrected chi connectivity index (χ1v) is 5.27. The van der Waals surface area contributed by atoms with E-state index in [1.54, 1.807) is 6.92 Å². The first-order chi connectivity index (χ1) is 6.59. The molecular formula is C11H11BrFN. The van der Waals surface area contributed by atoms with E-state index in [4.69, 9.17) is 0 Å². The molecule has 1 unspecified atom stereocenters. The highest BCUT2D eigenvalue weighted by Gasteiger charge is 2.11. The van der Waals surface area contributed by atoms with Crippen molar-refractivity contribution in [1.29, 1.82) is 0 Å². The summed E-state index contributed by atoms with van der Waals surface area (Å²) < 4.78 is 16.2. The van der Waals surface area contributed by atoms with Crippen molar-refractivity contribution in [3.63, 3.8) is 0 Å². The van der Waals surface area contributed by atoms with Crippen LogP contribution in [0.4, 0.5) is 4.39 Å². The number of halogens is 2. The monoisotopic (exact) mass is 255 g/mol. The van der Waals surface area contributed by atoms with Crippen molar-refractivity contribution in [2.45, 2.75) is 13.1 Å². The van der Waals surface area contributed by atoms with Gasteiger partial charge < -0.3 is 4.57 Å². The lowest BCUT2D eigenvalue weighted by Gasteiger charge is -1.98. The average molecular weight is 256 g/mol. The Kier molecular flexibility index (Phi) is 2.35. The Hall–Kier alpha value is -0.830. The molecule has 0 aliphatic rings. The number of aromatic nitrogens is 1. The first kappa shape index (κ1) is 9.71. The summed E-state index contributed by atoms with van der Waals surface area (Å²) in [5.41, 5.74) is 1.81. The molecule has 1 aromatic heterocycles. The van der Waals surface area contributed by atoms with E-state index in [2.05, 4.69) is 15.9 Å². The second-order valence-corrected chi connectivity index (χ2v) is 4.39. The Morgan fingerprint density at radius 3 is 2.79 bits per heavy atom. The molecule has 74 valence electrons. The maximum atomic E-state index is 13.3. The maximum Gasteiger partial charge on any atom is 0.124 e. The van der Waals surface area contributed by atoms with Gasteiger partial charge in [-0.05, 0) is 19.1 Å². The molecule has 14 heavy (non-hydrogen) atoms. The number of nitrogens with zero attached hydrogens (tertiary/aromatic N) is 1. The quantitative estimate of drug-likeness (QED) is 0.727. The van der Waals surface area contributed by atoms with Gasteiger partial charge in [-0.2, -0.15) is 0 Å². The standard InChI is InChI=1S/C11H11BrFN/c1-7(13)10-6-14(2)11-5-8(12)3-4-9(10)11/h3-7H,1-2H3. The van der Waals surface area contributed by atoms with Gasteiger partial charge in [-0.25, -0.2) is 4.39 Å². The van der Waals surface area contributed by atoms with Crippen molar-refractivity contribution in [2.75, 3.05) is 0 Å². The molecule has 0 saturated heterocycles. The van der Waals surface area contributed by atoms with Crippen molar-refractivity contribution in [2.24, 2.45) is 7.05 Å². The summed E-state index contributed by atoms with van der Waals surface area (Å²) in [4.78, 5) is 0. The Bertz CT molecular complexity index is 473. The lowest BCUT2D eigenvalue weighted by molar-refractivity contribution is 0.376. The molecule has 2 aromatic rings. The number of hydrogen-bond donors (Lipinski definition) is 0. The molecule has 1 atom stereocenters. The number of benzene rings is 1. The van der Waals surface area contributed by atoms with Crippen LogP contribution in [0.1, 0.15) is 18.7 Å². The smallest absolute Gasteiger partial charge is 0.124 e. The molecule has 0 amide bonds. The molecule has 0 N–H and O–H groups in total. The van der Waals surface area contributed by atoms with Crippen molar-refractivity contribution in [3.8, 4) is 0 Å². The normalized spacial score (nSPS) is 13.4. The minimum atomic E-state index is -0.917. The van der Waals surface area contributed by atoms with Gasteiger partial charge >= 0.3 is 0 Å². The summed E-state index contributed by atoms with van der Waals surface area (Å²) in [6.45, 7) is 1.57. The molecule has 1 aromatic carbocycles. The predicted octanol–water partition coefficient (Wildman–Crippen LogP) is 3.97. The third-order valence-corrected chi connectivity index (χ3v) is 2.91. The van der Waals surface area contributed by atoms with Crippen LogP contribution in [-0.2, 0) is 7.05 Å². The van der Waals surface area contributed by atoms with Crippen LogP contribution < -0.4 is 0 Å². The summed E-state index contributed by atoms with van der Waals surface area (Å²) in [6.07, 6.45) is 0.932. The molecule has 0 saturated carbocycles. The van der Waals surface area contributed by atoms with Crippen LogP contribution in [-0.4, -0.2) is 4.57 Å². The predicted molar refractivity (Wildman–Crippen MR) is 60.1 cm³/mol. The Labute approximate surface area is 90.7 Å². The molecular weight excluding hydrogens is 245 g/mol. The van der Waals surface area contributed by atoms with Gasteiger partial charge in [0.2, 0.25) is 0 Å². The van der Waals surface area contributed by atoms with Gasteiger partial charge in [0, 0.05) is 34.2 Å². The lowest BCUT2D eigenvalue weighted by Crippen LogP contribution is -1.83. The Balaban J connectivity index is 2.77. The van der Waals surface area contributed by atoms with Gasteiger partial charge in [0.15, 0.2) is 0 Å². The minimum Gasteiger partial charge on any atom is -0.350 e. The van der Waals surface area contributed by atoms with Crippen molar-refractivity contribution < 1.29 is 4.39 Å². The van der Waals surface area contributed by atoms with E-state index < -0.39 is 6.17 Å². The third-order valence-electron chi connectivity index (χ3n) is 2.41. The molecule has 3 heteroatoms. The Morgan fingerprint density at radius 1 is 1.43 bits per heavy atom. The fourth-order valence-corrected chi connectivity index (χ4v) is 2.05. The molecule has 0 aliphatic heterocycles. The van der Waals surface area contributed by atoms with Crippen LogP contribution in [0.25, 0.3) is 10.9 Å². The number of hydrogen-bond acceptors (Lipinski definition) is 0. The van der Waals surface area contributed by atoms with E-state index in [1.807, 2.05) is 36.0 Å². The highest BCUT2D eigenvalue weighted by atomic mass is 79.9. The summed E-state index contributed by atoms with van der Waals surface area (Å²) in [5, 5.41) is 0.991. The Morgan fingerprint density at radius 2 is 2.14 bits per heavy atom. The zero-order chi connectivity index (χ0) is 10.3. The number of rotatable bonds is 1. The summed E-state index contributed by atoms with van der Waals surface area (Å²) >= 11 is 3.41. The van der Waals surface area contributed by atoms with E-state index in [-0.39, 0.29) is 0 Å². The van der Waals surface area contributed by atoms with Crippen LogP contribution >= 0.6 is 15.9 Å². The van der Waals surface area contributed by atoms with Gasteiger partial charge in [-0.3, -0.25) is 0 Å². The first-order valence-electron chi connectivity index (χ1n) is 4.48. The van der Waals surface area contributed by atoms with E-state index in [1.165, 1.54) is 0 Å². The van der Waals surface area contributed by atoms with Gasteiger partial charge in [0.1, 0.15) is 6.17 Å². The third kappa shape index (κ3) is 1.46. The molecule has 1 nitrogen and oxygen atoms in total. The van der Waals surface area contributed by atoms with Gasteiger partial charge in [0.05, 0.1) is 0 Å². The second-order valence-electron chi connectivity index (χ2n) is 3.47. The highest BCUT2D eigenvalue weighted by molar-refractivity contribution is 9.10. The molecule has 0 radical (unpaired) electrons. The summed E-state index contributed by atoms with van der Waals surface area (Å²) in [6, 6.07) is 5.89. The summed E-state index contributed by atoms with van der Waals surface area (Å²) in [7, 11) is 1.93. The van der Waals surface area contributed by atoms with Crippen molar-refractivity contribution in [3.05, 3.63) is 34.4 Å². The van der Waals surface area contributed by atoms with Crippen LogP contribution in [0.3, 0.4) is 0 Å². The summed E-state index contributed by atoms with van der Waals surface area (Å²) in [5.74, 6) is 0. The van der Waals surface area contributed by atoms with Gasteiger partial charge in [0.25, 0.3) is 0 Å². The van der Waals surface area contributed by atoms with Crippen molar-refractivity contribution >= 4 is 26.8 Å². The number of aryl methyl sites for hydroxylation is 1. The van der Waals surface area contributed by atoms with Gasteiger partial charge in [-0.1, -0.05) is 22.0 Å². The lowest BCUT2D eigenvalue weighted by atomic mass is 10.1. The number of fused-ring (bicyclic) bond motifs is 1. The molecule has 1 heterocycles. The molecule has 0 fully saturated rings. The van der Waals surface area contributed by atoms with E-state index in [0.29, 0.717) is 0 Å². The molecule has 0 spiro atoms. The van der Waals surface area contributed by atoms with Crippen LogP contribution in [0.5, 0.6) is 0 Å². The van der Waals surface area contributed by atoms with E-state index >= 15 is 0 Å². The van der Waals surface area contributed by atoms with Crippen LogP contribution in [0.15, 0.2) is 28.9 Å². The highest BCUT2D eigenvalue weighted by Crippen LogP contribution is 2.29. The topological polar surface area (TPSA) is 4.93 Å². The SMILES string of the molecule is CC(F)c1cn(C)c2cc(Br)ccc12. The zero-order valence-electron chi connectivity index (χ0n) is 8.09. The molecule has 0 bridgehead atoms. The van der Waals surface area contributed by atoms with Gasteiger partial charge in [-0.15, -0.1) is 0 Å². The largest absolute Gasteiger partial charge is 0.350 e. The minimum absolute atomic E-state index is 0.759.